The van der Waals surface area contributed by atoms with E-state index in [4.69, 9.17) is 5.73 Å². The molecule has 3 aromatic carbocycles. The second-order valence-electron chi connectivity index (χ2n) is 7.68. The number of anilines is 2. The van der Waals surface area contributed by atoms with Crippen molar-refractivity contribution in [2.75, 3.05) is 17.6 Å². The summed E-state index contributed by atoms with van der Waals surface area (Å²) in [5.41, 5.74) is 9.18. The Labute approximate surface area is 186 Å². The zero-order chi connectivity index (χ0) is 22.9. The topological polar surface area (TPSA) is 92.5 Å². The van der Waals surface area contributed by atoms with E-state index in [-0.39, 0.29) is 23.4 Å². The Morgan fingerprint density at radius 3 is 2.62 bits per heavy atom. The van der Waals surface area contributed by atoms with E-state index in [1.54, 1.807) is 49.4 Å². The third-order valence-corrected chi connectivity index (χ3v) is 7.70. The number of amides is 1. The number of aryl methyl sites for hydroxylation is 1. The molecule has 0 aliphatic heterocycles. The van der Waals surface area contributed by atoms with Crippen molar-refractivity contribution < 1.29 is 17.6 Å². The lowest BCUT2D eigenvalue weighted by Gasteiger charge is -2.27. The maximum absolute atomic E-state index is 13.7. The minimum Gasteiger partial charge on any atom is -0.397 e. The normalized spacial score (nSPS) is 15.5. The van der Waals surface area contributed by atoms with Crippen LogP contribution in [0.2, 0.25) is 0 Å². The summed E-state index contributed by atoms with van der Waals surface area (Å²) < 4.78 is 41.5. The number of sulfonamides is 1. The van der Waals surface area contributed by atoms with Crippen LogP contribution in [-0.2, 0) is 16.4 Å². The van der Waals surface area contributed by atoms with Gasteiger partial charge in [-0.1, -0.05) is 31.2 Å². The fraction of sp³-hybridized carbons (Fsp3) is 0.208. The molecule has 4 rings (SSSR count). The monoisotopic (exact) mass is 453 g/mol. The first-order valence-corrected chi connectivity index (χ1v) is 11.8. The molecule has 1 aliphatic carbocycles. The summed E-state index contributed by atoms with van der Waals surface area (Å²) in [5.74, 6) is -0.877. The van der Waals surface area contributed by atoms with Gasteiger partial charge in [-0.25, -0.2) is 12.8 Å². The number of halogens is 1. The molecule has 1 atom stereocenters. The van der Waals surface area contributed by atoms with Gasteiger partial charge in [0.1, 0.15) is 5.82 Å². The van der Waals surface area contributed by atoms with E-state index in [2.05, 4.69) is 5.32 Å². The van der Waals surface area contributed by atoms with Crippen LogP contribution in [0.5, 0.6) is 0 Å². The van der Waals surface area contributed by atoms with Gasteiger partial charge in [-0.2, -0.15) is 4.31 Å². The Balaban J connectivity index is 1.60. The number of benzene rings is 3. The number of nitrogens with one attached hydrogen (secondary N) is 1. The molecule has 3 aromatic rings. The van der Waals surface area contributed by atoms with E-state index in [9.17, 15) is 17.6 Å². The Bertz CT molecular complexity index is 1280. The number of nitrogens with zero attached hydrogens (tertiary/aromatic N) is 1. The Hall–Kier alpha value is -3.23. The first kappa shape index (κ1) is 22.0. The number of nitrogens with two attached hydrogens (primary N) is 1. The molecule has 0 bridgehead atoms. The van der Waals surface area contributed by atoms with Crippen molar-refractivity contribution >= 4 is 27.3 Å². The van der Waals surface area contributed by atoms with Crippen molar-refractivity contribution in [2.45, 2.75) is 30.7 Å². The van der Waals surface area contributed by atoms with Crippen molar-refractivity contribution in [1.29, 1.82) is 0 Å². The van der Waals surface area contributed by atoms with Gasteiger partial charge in [0.15, 0.2) is 0 Å². The third-order valence-electron chi connectivity index (χ3n) is 5.72. The highest BCUT2D eigenvalue weighted by Gasteiger charge is 2.35. The number of carbonyl (C=O) groups is 1. The predicted octanol–water partition coefficient (Wildman–Crippen LogP) is 4.36. The van der Waals surface area contributed by atoms with Gasteiger partial charge in [0, 0.05) is 12.1 Å². The number of hydrogen-bond donors (Lipinski definition) is 2. The molecule has 6 nitrogen and oxygen atoms in total. The first-order chi connectivity index (χ1) is 15.3. The summed E-state index contributed by atoms with van der Waals surface area (Å²) >= 11 is 0. The number of nitrogen functional groups attached to an aromatic ring is 1. The summed E-state index contributed by atoms with van der Waals surface area (Å²) in [6.07, 6.45) is 1.23. The van der Waals surface area contributed by atoms with Gasteiger partial charge in [-0.15, -0.1) is 0 Å². The average molecular weight is 454 g/mol. The predicted molar refractivity (Wildman–Crippen MR) is 122 cm³/mol. The molecule has 0 saturated carbocycles. The summed E-state index contributed by atoms with van der Waals surface area (Å²) in [7, 11) is -3.87. The van der Waals surface area contributed by atoms with Gasteiger partial charge in [0.05, 0.1) is 22.3 Å². The molecule has 1 amide bonds. The minimum absolute atomic E-state index is 0.0655. The largest absolute Gasteiger partial charge is 0.397 e. The highest BCUT2D eigenvalue weighted by atomic mass is 32.2. The molecular formula is C24H24FN3O3S. The van der Waals surface area contributed by atoms with Crippen LogP contribution in [0.1, 0.15) is 40.9 Å². The van der Waals surface area contributed by atoms with E-state index in [1.807, 2.05) is 0 Å². The lowest BCUT2D eigenvalue weighted by Crippen LogP contribution is -2.34. The molecule has 1 unspecified atom stereocenters. The summed E-state index contributed by atoms with van der Waals surface area (Å²) in [5, 5.41) is 2.81. The van der Waals surface area contributed by atoms with Crippen LogP contribution in [0.15, 0.2) is 71.6 Å². The molecule has 8 heteroatoms. The van der Waals surface area contributed by atoms with Crippen LogP contribution in [0.3, 0.4) is 0 Å². The van der Waals surface area contributed by atoms with Gasteiger partial charge >= 0.3 is 0 Å². The molecule has 0 saturated heterocycles. The number of carbonyl (C=O) groups excluding carboxylic acids is 1. The minimum atomic E-state index is -3.87. The van der Waals surface area contributed by atoms with Crippen LogP contribution < -0.4 is 11.1 Å². The number of rotatable bonds is 6. The molecular weight excluding hydrogens is 429 g/mol. The zero-order valence-electron chi connectivity index (χ0n) is 17.6. The Morgan fingerprint density at radius 1 is 1.12 bits per heavy atom. The highest BCUT2D eigenvalue weighted by Crippen LogP contribution is 2.39. The maximum atomic E-state index is 13.7. The van der Waals surface area contributed by atoms with E-state index in [0.717, 1.165) is 17.2 Å². The molecule has 0 heterocycles. The summed E-state index contributed by atoms with van der Waals surface area (Å²) in [4.78, 5) is 12.6. The van der Waals surface area contributed by atoms with Crippen LogP contribution in [0.4, 0.5) is 15.8 Å². The standard InChI is InChI=1S/C24H24FN3O3S/c1-2-28(32(30,31)19-7-5-6-18(25)15-19)23-13-11-16-14-17(10-12-20(16)23)24(29)27-22-9-4-3-8-21(22)26/h3-10,12,14-15,23H,2,11,13,26H2,1H3,(H,27,29). The second-order valence-corrected chi connectivity index (χ2v) is 9.57. The Morgan fingerprint density at radius 2 is 1.91 bits per heavy atom. The van der Waals surface area contributed by atoms with Crippen LogP contribution >= 0.6 is 0 Å². The van der Waals surface area contributed by atoms with Crippen molar-refractivity contribution in [3.05, 3.63) is 89.2 Å². The van der Waals surface area contributed by atoms with Gasteiger partial charge in [0.25, 0.3) is 5.91 Å². The molecule has 0 aromatic heterocycles. The van der Waals surface area contributed by atoms with E-state index >= 15 is 0 Å². The van der Waals surface area contributed by atoms with E-state index < -0.39 is 15.8 Å². The maximum Gasteiger partial charge on any atom is 0.255 e. The highest BCUT2D eigenvalue weighted by molar-refractivity contribution is 7.89. The third kappa shape index (κ3) is 4.11. The van der Waals surface area contributed by atoms with Crippen molar-refractivity contribution in [2.24, 2.45) is 0 Å². The number of para-hydroxylation sites is 2. The van der Waals surface area contributed by atoms with E-state index in [1.165, 1.54) is 22.5 Å². The van der Waals surface area contributed by atoms with Crippen LogP contribution in [0.25, 0.3) is 0 Å². The fourth-order valence-corrected chi connectivity index (χ4v) is 5.84. The smallest absolute Gasteiger partial charge is 0.255 e. The summed E-state index contributed by atoms with van der Waals surface area (Å²) in [6.45, 7) is 2.01. The molecule has 3 N–H and O–H groups in total. The lowest BCUT2D eigenvalue weighted by atomic mass is 10.0. The fourth-order valence-electron chi connectivity index (χ4n) is 4.16. The SMILES string of the molecule is CCN(C1CCc2cc(C(=O)Nc3ccccc3N)ccc21)S(=O)(=O)c1cccc(F)c1. The van der Waals surface area contributed by atoms with Gasteiger partial charge in [-0.05, 0) is 66.4 Å². The van der Waals surface area contributed by atoms with Gasteiger partial charge in [-0.3, -0.25) is 4.79 Å². The lowest BCUT2D eigenvalue weighted by molar-refractivity contribution is 0.102. The quantitative estimate of drug-likeness (QED) is 0.543. The molecule has 0 radical (unpaired) electrons. The Kier molecular flexibility index (Phi) is 5.99. The summed E-state index contributed by atoms with van der Waals surface area (Å²) in [6, 6.07) is 17.0. The molecule has 166 valence electrons. The first-order valence-electron chi connectivity index (χ1n) is 10.4. The molecule has 0 fully saturated rings. The number of hydrogen-bond acceptors (Lipinski definition) is 4. The van der Waals surface area contributed by atoms with E-state index in [0.29, 0.717) is 29.8 Å². The number of fused-ring (bicyclic) bond motifs is 1. The van der Waals surface area contributed by atoms with Crippen LogP contribution in [-0.4, -0.2) is 25.2 Å². The molecule has 0 spiro atoms. The zero-order valence-corrected chi connectivity index (χ0v) is 18.4. The second kappa shape index (κ2) is 8.72. The van der Waals surface area contributed by atoms with Crippen molar-refractivity contribution in [3.63, 3.8) is 0 Å². The molecule has 1 aliphatic rings. The van der Waals surface area contributed by atoms with Gasteiger partial charge in [0.2, 0.25) is 10.0 Å². The van der Waals surface area contributed by atoms with Crippen LogP contribution in [0, 0.1) is 5.82 Å². The van der Waals surface area contributed by atoms with Gasteiger partial charge < -0.3 is 11.1 Å². The molecule has 32 heavy (non-hydrogen) atoms. The van der Waals surface area contributed by atoms with Crippen molar-refractivity contribution in [1.82, 2.24) is 4.31 Å². The van der Waals surface area contributed by atoms with Crippen molar-refractivity contribution in [3.8, 4) is 0 Å². The average Bonchev–Trinajstić information content (AvgIpc) is 3.18.